The fourth-order valence-electron chi connectivity index (χ4n) is 1.97. The van der Waals surface area contributed by atoms with Gasteiger partial charge in [0, 0.05) is 0 Å². The van der Waals surface area contributed by atoms with Gasteiger partial charge in [-0.25, -0.2) is 0 Å². The van der Waals surface area contributed by atoms with E-state index in [1.54, 1.807) is 7.11 Å². The van der Waals surface area contributed by atoms with Crippen LogP contribution in [0.5, 0.6) is 5.75 Å². The molecule has 0 heterocycles. The average molecular weight is 236 g/mol. The number of methoxy groups -OCH3 is 1. The fraction of sp³-hybridized carbons (Fsp3) is 0.571. The van der Waals surface area contributed by atoms with E-state index in [2.05, 4.69) is 43.5 Å². The van der Waals surface area contributed by atoms with E-state index in [1.165, 1.54) is 11.1 Å². The van der Waals surface area contributed by atoms with E-state index < -0.39 is 0 Å². The van der Waals surface area contributed by atoms with Gasteiger partial charge in [-0.05, 0) is 42.8 Å². The normalized spacial score (nSPS) is 11.9. The van der Waals surface area contributed by atoms with E-state index in [9.17, 15) is 0 Å². The smallest absolute Gasteiger partial charge is 0.122 e. The van der Waals surface area contributed by atoms with Crippen molar-refractivity contribution in [1.29, 1.82) is 0 Å². The summed E-state index contributed by atoms with van der Waals surface area (Å²) in [5, 5.41) is 6.46. The van der Waals surface area contributed by atoms with Crippen LogP contribution in [-0.4, -0.2) is 21.2 Å². The number of ether oxygens (including phenoxy) is 1. The number of hydrogen-bond donors (Lipinski definition) is 2. The first-order chi connectivity index (χ1) is 7.93. The van der Waals surface area contributed by atoms with Crippen LogP contribution in [0.25, 0.3) is 0 Å². The summed E-state index contributed by atoms with van der Waals surface area (Å²) in [7, 11) is 5.61. The molecule has 3 nitrogen and oxygen atoms in total. The quantitative estimate of drug-likeness (QED) is 0.788. The standard InChI is InChI=1S/C14H24N2O/c1-14(2,3)11-9-10(13(15-4)16-5)7-8-12(11)17-6/h7-9,13,15-16H,1-6H3. The molecule has 0 saturated carbocycles. The molecule has 0 atom stereocenters. The summed E-state index contributed by atoms with van der Waals surface area (Å²) in [6, 6.07) is 6.33. The van der Waals surface area contributed by atoms with Gasteiger partial charge in [0.1, 0.15) is 5.75 Å². The van der Waals surface area contributed by atoms with Gasteiger partial charge in [-0.1, -0.05) is 26.8 Å². The van der Waals surface area contributed by atoms with Crippen LogP contribution in [0.1, 0.15) is 38.1 Å². The lowest BCUT2D eigenvalue weighted by molar-refractivity contribution is 0.396. The second kappa shape index (κ2) is 5.52. The number of hydrogen-bond acceptors (Lipinski definition) is 3. The number of benzene rings is 1. The van der Waals surface area contributed by atoms with Gasteiger partial charge in [-0.3, -0.25) is 0 Å². The van der Waals surface area contributed by atoms with Gasteiger partial charge in [0.25, 0.3) is 0 Å². The Morgan fingerprint density at radius 3 is 2.12 bits per heavy atom. The first-order valence-electron chi connectivity index (χ1n) is 5.97. The highest BCUT2D eigenvalue weighted by molar-refractivity contribution is 5.42. The third-order valence-electron chi connectivity index (χ3n) is 2.94. The van der Waals surface area contributed by atoms with Gasteiger partial charge in [0.2, 0.25) is 0 Å². The third-order valence-corrected chi connectivity index (χ3v) is 2.94. The van der Waals surface area contributed by atoms with Crippen molar-refractivity contribution in [1.82, 2.24) is 10.6 Å². The molecule has 1 rings (SSSR count). The molecule has 0 aliphatic heterocycles. The molecule has 0 unspecified atom stereocenters. The van der Waals surface area contributed by atoms with Crippen LogP contribution in [0.15, 0.2) is 18.2 Å². The van der Waals surface area contributed by atoms with Crippen molar-refractivity contribution in [2.24, 2.45) is 0 Å². The molecule has 0 aromatic heterocycles. The maximum Gasteiger partial charge on any atom is 0.122 e. The Balaban J connectivity index is 3.22. The Morgan fingerprint density at radius 1 is 1.12 bits per heavy atom. The first-order valence-corrected chi connectivity index (χ1v) is 5.97. The molecule has 1 aromatic carbocycles. The minimum absolute atomic E-state index is 0.0768. The van der Waals surface area contributed by atoms with Crippen molar-refractivity contribution in [2.45, 2.75) is 32.4 Å². The zero-order valence-corrected chi connectivity index (χ0v) is 11.7. The lowest BCUT2D eigenvalue weighted by atomic mass is 9.85. The SMILES string of the molecule is CNC(NC)c1ccc(OC)c(C(C)(C)C)c1. The molecule has 96 valence electrons. The van der Waals surface area contributed by atoms with E-state index in [0.29, 0.717) is 0 Å². The third kappa shape index (κ3) is 3.20. The van der Waals surface area contributed by atoms with Gasteiger partial charge in [-0.2, -0.15) is 0 Å². The molecular formula is C14H24N2O. The highest BCUT2D eigenvalue weighted by atomic mass is 16.5. The minimum Gasteiger partial charge on any atom is -0.496 e. The summed E-state index contributed by atoms with van der Waals surface area (Å²) in [5.74, 6) is 0.951. The summed E-state index contributed by atoms with van der Waals surface area (Å²) in [6.45, 7) is 6.59. The zero-order valence-electron chi connectivity index (χ0n) is 11.7. The van der Waals surface area contributed by atoms with Crippen LogP contribution < -0.4 is 15.4 Å². The van der Waals surface area contributed by atoms with Crippen LogP contribution in [0.2, 0.25) is 0 Å². The second-order valence-electron chi connectivity index (χ2n) is 5.22. The van der Waals surface area contributed by atoms with Crippen molar-refractivity contribution >= 4 is 0 Å². The van der Waals surface area contributed by atoms with E-state index >= 15 is 0 Å². The largest absolute Gasteiger partial charge is 0.496 e. The fourth-order valence-corrected chi connectivity index (χ4v) is 1.97. The van der Waals surface area contributed by atoms with Crippen molar-refractivity contribution in [2.75, 3.05) is 21.2 Å². The number of nitrogens with one attached hydrogen (secondary N) is 2. The molecule has 1 aromatic rings. The van der Waals surface area contributed by atoms with Gasteiger partial charge >= 0.3 is 0 Å². The molecule has 0 aliphatic carbocycles. The molecule has 0 radical (unpaired) electrons. The van der Waals surface area contributed by atoms with Crippen LogP contribution in [0.3, 0.4) is 0 Å². The topological polar surface area (TPSA) is 33.3 Å². The molecule has 2 N–H and O–H groups in total. The number of rotatable bonds is 4. The Morgan fingerprint density at radius 2 is 1.71 bits per heavy atom. The van der Waals surface area contributed by atoms with Crippen molar-refractivity contribution in [3.8, 4) is 5.75 Å². The van der Waals surface area contributed by atoms with Crippen molar-refractivity contribution in [3.05, 3.63) is 29.3 Å². The summed E-state index contributed by atoms with van der Waals surface area (Å²) in [5.41, 5.74) is 2.53. The van der Waals surface area contributed by atoms with Crippen LogP contribution in [-0.2, 0) is 5.41 Å². The predicted octanol–water partition coefficient (Wildman–Crippen LogP) is 2.43. The summed E-state index contributed by atoms with van der Waals surface area (Å²) in [6.07, 6.45) is 0.169. The van der Waals surface area contributed by atoms with E-state index in [0.717, 1.165) is 5.75 Å². The van der Waals surface area contributed by atoms with Crippen molar-refractivity contribution in [3.63, 3.8) is 0 Å². The van der Waals surface area contributed by atoms with Gasteiger partial charge < -0.3 is 15.4 Å². The Hall–Kier alpha value is -1.06. The zero-order chi connectivity index (χ0) is 13.1. The Bertz CT molecular complexity index is 365. The van der Waals surface area contributed by atoms with Crippen molar-refractivity contribution < 1.29 is 4.74 Å². The van der Waals surface area contributed by atoms with Gasteiger partial charge in [0.15, 0.2) is 0 Å². The molecule has 3 heteroatoms. The van der Waals surface area contributed by atoms with Crippen LogP contribution >= 0.6 is 0 Å². The molecule has 0 bridgehead atoms. The maximum atomic E-state index is 5.43. The van der Waals surface area contributed by atoms with Gasteiger partial charge in [0.05, 0.1) is 13.3 Å². The Labute approximate surface area is 105 Å². The van der Waals surface area contributed by atoms with E-state index in [1.807, 2.05) is 20.2 Å². The maximum absolute atomic E-state index is 5.43. The lowest BCUT2D eigenvalue weighted by Gasteiger charge is -2.25. The summed E-state index contributed by atoms with van der Waals surface area (Å²) >= 11 is 0. The average Bonchev–Trinajstić information content (AvgIpc) is 2.29. The molecule has 17 heavy (non-hydrogen) atoms. The molecular weight excluding hydrogens is 212 g/mol. The molecule has 0 aliphatic rings. The summed E-state index contributed by atoms with van der Waals surface area (Å²) < 4.78 is 5.43. The van der Waals surface area contributed by atoms with E-state index in [-0.39, 0.29) is 11.6 Å². The molecule has 0 fully saturated rings. The summed E-state index contributed by atoms with van der Waals surface area (Å²) in [4.78, 5) is 0. The second-order valence-corrected chi connectivity index (χ2v) is 5.22. The van der Waals surface area contributed by atoms with Gasteiger partial charge in [-0.15, -0.1) is 0 Å². The Kier molecular flexibility index (Phi) is 4.54. The molecule has 0 spiro atoms. The monoisotopic (exact) mass is 236 g/mol. The van der Waals surface area contributed by atoms with Crippen LogP contribution in [0, 0.1) is 0 Å². The molecule has 0 amide bonds. The predicted molar refractivity (Wildman–Crippen MR) is 72.6 cm³/mol. The minimum atomic E-state index is 0.0768. The highest BCUT2D eigenvalue weighted by Crippen LogP contribution is 2.32. The van der Waals surface area contributed by atoms with E-state index in [4.69, 9.17) is 4.74 Å². The van der Waals surface area contributed by atoms with Crippen LogP contribution in [0.4, 0.5) is 0 Å². The highest BCUT2D eigenvalue weighted by Gasteiger charge is 2.20. The first kappa shape index (κ1) is 14.0. The molecule has 0 saturated heterocycles. The lowest BCUT2D eigenvalue weighted by Crippen LogP contribution is -2.29.